The fourth-order valence-electron chi connectivity index (χ4n) is 4.63. The molecule has 3 N–H and O–H groups in total. The lowest BCUT2D eigenvalue weighted by Crippen LogP contribution is -2.14. The lowest BCUT2D eigenvalue weighted by atomic mass is 10.0. The lowest BCUT2D eigenvalue weighted by molar-refractivity contribution is 0.246. The molecule has 1 heterocycles. The van der Waals surface area contributed by atoms with Gasteiger partial charge in [-0.25, -0.2) is 0 Å². The summed E-state index contributed by atoms with van der Waals surface area (Å²) in [4.78, 5) is 0.557. The minimum absolute atomic E-state index is 0.0591. The van der Waals surface area contributed by atoms with Crippen LogP contribution in [0.15, 0.2) is 0 Å². The lowest BCUT2D eigenvalue weighted by Gasteiger charge is -2.14. The second-order valence-corrected chi connectivity index (χ2v) is 7.96. The number of nitrogen functional groups attached to an aromatic ring is 1. The van der Waals surface area contributed by atoms with E-state index in [2.05, 4.69) is 11.4 Å². The molecule has 4 atom stereocenters. The fourth-order valence-corrected chi connectivity index (χ4v) is 5.53. The molecule has 0 aromatic carbocycles. The summed E-state index contributed by atoms with van der Waals surface area (Å²) in [5.74, 6) is 4.25. The van der Waals surface area contributed by atoms with Crippen LogP contribution in [0.1, 0.15) is 38.0 Å². The third-order valence-corrected chi connectivity index (χ3v) is 6.41. The van der Waals surface area contributed by atoms with E-state index in [9.17, 15) is 5.26 Å². The van der Waals surface area contributed by atoms with E-state index in [-0.39, 0.29) is 6.10 Å². The summed E-state index contributed by atoms with van der Waals surface area (Å²) in [7, 11) is 0. The van der Waals surface area contributed by atoms with Gasteiger partial charge in [-0.05, 0) is 56.8 Å². The smallest absolute Gasteiger partial charge is 0.178 e. The van der Waals surface area contributed by atoms with Crippen LogP contribution in [0.2, 0.25) is 0 Å². The highest BCUT2D eigenvalue weighted by Gasteiger charge is 2.65. The molecule has 112 valence electrons. The number of nitriles is 1. The van der Waals surface area contributed by atoms with Gasteiger partial charge in [-0.2, -0.15) is 5.26 Å². The van der Waals surface area contributed by atoms with Gasteiger partial charge in [0.05, 0.1) is 6.10 Å². The Morgan fingerprint density at radius 2 is 2.00 bits per heavy atom. The second-order valence-electron chi connectivity index (χ2n) is 6.94. The summed E-state index contributed by atoms with van der Waals surface area (Å²) < 4.78 is 5.85. The van der Waals surface area contributed by atoms with E-state index in [0.29, 0.717) is 22.4 Å². The summed E-state index contributed by atoms with van der Waals surface area (Å²) in [5, 5.41) is 13.8. The van der Waals surface area contributed by atoms with Crippen molar-refractivity contribution in [1.29, 1.82) is 5.26 Å². The Labute approximate surface area is 129 Å². The van der Waals surface area contributed by atoms with Crippen LogP contribution in [0, 0.1) is 35.0 Å². The topological polar surface area (TPSA) is 71.1 Å². The van der Waals surface area contributed by atoms with Crippen LogP contribution >= 0.6 is 11.3 Å². The highest BCUT2D eigenvalue weighted by atomic mass is 32.1. The van der Waals surface area contributed by atoms with Gasteiger partial charge in [0.1, 0.15) is 21.6 Å². The molecule has 3 aliphatic carbocycles. The number of hydrogen-bond donors (Lipinski definition) is 2. The molecule has 3 saturated carbocycles. The van der Waals surface area contributed by atoms with E-state index >= 15 is 0 Å². The van der Waals surface area contributed by atoms with E-state index in [1.165, 1.54) is 30.6 Å². The van der Waals surface area contributed by atoms with Crippen molar-refractivity contribution in [2.24, 2.45) is 23.7 Å². The van der Waals surface area contributed by atoms with Gasteiger partial charge in [0, 0.05) is 6.04 Å². The monoisotopic (exact) mass is 303 g/mol. The second kappa shape index (κ2) is 4.54. The molecule has 4 rings (SSSR count). The standard InChI is InChI=1S/C16H21N3OS/c1-7(2)20-15-13(18)10(6-17)21-16(15)19-14-11-8-3-4-9(5-8)12(11)14/h7-9,11-12,14,19H,3-5,18H2,1-2H3. The van der Waals surface area contributed by atoms with Gasteiger partial charge in [0.15, 0.2) is 5.75 Å². The van der Waals surface area contributed by atoms with Crippen molar-refractivity contribution < 1.29 is 4.74 Å². The predicted molar refractivity (Wildman–Crippen MR) is 84.4 cm³/mol. The third kappa shape index (κ3) is 1.92. The average Bonchev–Trinajstić information content (AvgIpc) is 2.76. The van der Waals surface area contributed by atoms with Crippen molar-refractivity contribution in [1.82, 2.24) is 0 Å². The number of anilines is 2. The molecule has 0 spiro atoms. The number of hydrogen-bond acceptors (Lipinski definition) is 5. The van der Waals surface area contributed by atoms with E-state index in [4.69, 9.17) is 10.5 Å². The molecular weight excluding hydrogens is 282 g/mol. The molecule has 1 aromatic rings. The summed E-state index contributed by atoms with van der Waals surface area (Å²) >= 11 is 1.44. The molecule has 0 aliphatic heterocycles. The minimum Gasteiger partial charge on any atom is -0.486 e. The number of nitrogens with two attached hydrogens (primary N) is 1. The third-order valence-electron chi connectivity index (χ3n) is 5.39. The van der Waals surface area contributed by atoms with Crippen LogP contribution in [0.3, 0.4) is 0 Å². The molecule has 0 radical (unpaired) electrons. The zero-order valence-corrected chi connectivity index (χ0v) is 13.2. The van der Waals surface area contributed by atoms with Crippen LogP contribution in [0.25, 0.3) is 0 Å². The highest BCUT2D eigenvalue weighted by molar-refractivity contribution is 7.17. The zero-order valence-electron chi connectivity index (χ0n) is 12.4. The van der Waals surface area contributed by atoms with Crippen LogP contribution in [-0.4, -0.2) is 12.1 Å². The average molecular weight is 303 g/mol. The fraction of sp³-hybridized carbons (Fsp3) is 0.688. The molecule has 2 bridgehead atoms. The van der Waals surface area contributed by atoms with Gasteiger partial charge in [-0.15, -0.1) is 11.3 Å². The molecule has 4 nitrogen and oxygen atoms in total. The van der Waals surface area contributed by atoms with Crippen molar-refractivity contribution >= 4 is 22.0 Å². The van der Waals surface area contributed by atoms with Crippen LogP contribution in [-0.2, 0) is 0 Å². The Morgan fingerprint density at radius 1 is 1.33 bits per heavy atom. The summed E-state index contributed by atoms with van der Waals surface area (Å²) in [5.41, 5.74) is 6.56. The number of nitrogens with one attached hydrogen (secondary N) is 1. The van der Waals surface area contributed by atoms with Gasteiger partial charge in [0.25, 0.3) is 0 Å². The molecular formula is C16H21N3OS. The van der Waals surface area contributed by atoms with Crippen molar-refractivity contribution in [3.63, 3.8) is 0 Å². The van der Waals surface area contributed by atoms with E-state index in [1.807, 2.05) is 13.8 Å². The highest BCUT2D eigenvalue weighted by Crippen LogP contribution is 2.66. The van der Waals surface area contributed by atoms with Gasteiger partial charge in [-0.1, -0.05) is 0 Å². The molecule has 1 aromatic heterocycles. The maximum Gasteiger partial charge on any atom is 0.178 e. The maximum absolute atomic E-state index is 9.19. The van der Waals surface area contributed by atoms with Gasteiger partial charge in [-0.3, -0.25) is 0 Å². The van der Waals surface area contributed by atoms with Crippen molar-refractivity contribution in [3.05, 3.63) is 4.88 Å². The van der Waals surface area contributed by atoms with Crippen LogP contribution < -0.4 is 15.8 Å². The van der Waals surface area contributed by atoms with Crippen molar-refractivity contribution in [3.8, 4) is 11.8 Å². The van der Waals surface area contributed by atoms with E-state index < -0.39 is 0 Å². The van der Waals surface area contributed by atoms with Gasteiger partial charge in [0.2, 0.25) is 0 Å². The molecule has 5 heteroatoms. The number of nitrogens with zero attached hydrogens (tertiary/aromatic N) is 1. The largest absolute Gasteiger partial charge is 0.486 e. The van der Waals surface area contributed by atoms with Gasteiger partial charge < -0.3 is 15.8 Å². The first-order valence-corrected chi connectivity index (χ1v) is 8.67. The normalized spacial score (nSPS) is 35.6. The van der Waals surface area contributed by atoms with Crippen LogP contribution in [0.4, 0.5) is 10.7 Å². The molecule has 4 unspecified atom stereocenters. The quantitative estimate of drug-likeness (QED) is 0.893. The number of fused-ring (bicyclic) bond motifs is 5. The summed E-state index contributed by atoms with van der Waals surface area (Å²) in [6.45, 7) is 3.97. The maximum atomic E-state index is 9.19. The molecule has 0 amide bonds. The van der Waals surface area contributed by atoms with Crippen molar-refractivity contribution in [2.75, 3.05) is 11.1 Å². The summed E-state index contributed by atoms with van der Waals surface area (Å²) in [6.07, 6.45) is 4.33. The Kier molecular flexibility index (Phi) is 2.87. The van der Waals surface area contributed by atoms with E-state index in [0.717, 1.165) is 28.7 Å². The minimum atomic E-state index is 0.0591. The number of thiophene rings is 1. The first-order valence-electron chi connectivity index (χ1n) is 7.85. The first kappa shape index (κ1) is 13.3. The first-order chi connectivity index (χ1) is 10.1. The van der Waals surface area contributed by atoms with Crippen LogP contribution in [0.5, 0.6) is 5.75 Å². The van der Waals surface area contributed by atoms with Crippen molar-refractivity contribution in [2.45, 2.75) is 45.3 Å². The molecule has 3 fully saturated rings. The zero-order chi connectivity index (χ0) is 14.7. The molecule has 3 aliphatic rings. The molecule has 0 saturated heterocycles. The molecule has 21 heavy (non-hydrogen) atoms. The summed E-state index contributed by atoms with van der Waals surface area (Å²) in [6, 6.07) is 2.76. The van der Waals surface area contributed by atoms with Gasteiger partial charge >= 0.3 is 0 Å². The SMILES string of the molecule is CC(C)Oc1c(NC2C3C4CCC(C4)C23)sc(C#N)c1N. The Balaban J connectivity index is 1.57. The Morgan fingerprint density at radius 3 is 2.57 bits per heavy atom. The Hall–Kier alpha value is -1.41. The number of ether oxygens (including phenoxy) is 1. The number of rotatable bonds is 4. The predicted octanol–water partition coefficient (Wildman–Crippen LogP) is 3.45. The van der Waals surface area contributed by atoms with E-state index in [1.54, 1.807) is 0 Å². The Bertz CT molecular complexity index is 602.